The fraction of sp³-hybridized carbons (Fsp3) is 0.0294. The summed E-state index contributed by atoms with van der Waals surface area (Å²) in [7, 11) is 0. The molecule has 1 nitrogen and oxygen atoms in total. The summed E-state index contributed by atoms with van der Waals surface area (Å²) in [4.78, 5) is 2.51. The van der Waals surface area contributed by atoms with Crippen molar-refractivity contribution >= 4 is 17.1 Å². The van der Waals surface area contributed by atoms with Gasteiger partial charge in [-0.25, -0.2) is 0 Å². The maximum Gasteiger partial charge on any atom is 0.0714 e. The monoisotopic (exact) mass is 877 g/mol. The van der Waals surface area contributed by atoms with Gasteiger partial charge in [0, 0.05) is 16.9 Å². The summed E-state index contributed by atoms with van der Waals surface area (Å²) < 4.78 is 0. The molecular weight excluding hydrogens is 831 g/mol. The van der Waals surface area contributed by atoms with E-state index >= 15 is 0 Å². The van der Waals surface area contributed by atoms with Gasteiger partial charge in [-0.05, 0) is 114 Å². The summed E-state index contributed by atoms with van der Waals surface area (Å²) in [5.74, 6) is 0. The van der Waals surface area contributed by atoms with E-state index in [9.17, 15) is 0 Å². The highest BCUT2D eigenvalue weighted by molar-refractivity contribution is 5.94. The average molecular weight is 878 g/mol. The number of nitrogens with zero attached hydrogens (tertiary/aromatic N) is 1. The molecule has 0 saturated heterocycles. The minimum Gasteiger partial charge on any atom is -0.310 e. The van der Waals surface area contributed by atoms with Crippen molar-refractivity contribution in [1.29, 1.82) is 0 Å². The van der Waals surface area contributed by atoms with Gasteiger partial charge in [-0.15, -0.1) is 0 Å². The molecule has 0 unspecified atom stereocenters. The smallest absolute Gasteiger partial charge is 0.0714 e. The van der Waals surface area contributed by atoms with E-state index in [1.807, 2.05) is 0 Å². The molecule has 69 heavy (non-hydrogen) atoms. The van der Waals surface area contributed by atoms with Crippen molar-refractivity contribution < 1.29 is 0 Å². The van der Waals surface area contributed by atoms with Crippen LogP contribution in [-0.2, 0) is 10.8 Å². The first kappa shape index (κ1) is 40.5. The number of para-hydroxylation sites is 1. The van der Waals surface area contributed by atoms with Gasteiger partial charge in [-0.2, -0.15) is 0 Å². The van der Waals surface area contributed by atoms with Gasteiger partial charge in [0.05, 0.1) is 16.5 Å². The standard InChI is InChI=1S/C68H47N/c1-5-22-48(23-6-1)49-40-42-50(43-41-49)57-32-16-20-39-66(57)69(55-31-21-30-54(46-55)68(53-28-11-4-12-29-53)63-37-18-13-33-58(63)59-34-14-19-38-64(59)68)56-44-45-61-60-35-15-17-36-62(60)67(65(61)47-56,51-24-7-2-8-25-51)52-26-9-3-10-27-52/h1-47H. The van der Waals surface area contributed by atoms with Gasteiger partial charge in [-0.3, -0.25) is 0 Å². The molecule has 0 aliphatic heterocycles. The van der Waals surface area contributed by atoms with Crippen LogP contribution in [0.5, 0.6) is 0 Å². The molecule has 11 aromatic rings. The molecule has 0 radical (unpaired) electrons. The third kappa shape index (κ3) is 6.24. The minimum absolute atomic E-state index is 0.556. The Balaban J connectivity index is 1.08. The van der Waals surface area contributed by atoms with Crippen LogP contribution in [0.25, 0.3) is 44.5 Å². The third-order valence-corrected chi connectivity index (χ3v) is 14.8. The Kier molecular flexibility index (Phi) is 9.70. The number of rotatable bonds is 9. The Morgan fingerprint density at radius 3 is 1.13 bits per heavy atom. The molecule has 0 saturated carbocycles. The Morgan fingerprint density at radius 2 is 0.594 bits per heavy atom. The predicted octanol–water partition coefficient (Wildman–Crippen LogP) is 17.2. The van der Waals surface area contributed by atoms with Crippen molar-refractivity contribution in [2.45, 2.75) is 10.8 Å². The van der Waals surface area contributed by atoms with E-state index in [4.69, 9.17) is 0 Å². The lowest BCUT2D eigenvalue weighted by Gasteiger charge is -2.36. The summed E-state index contributed by atoms with van der Waals surface area (Å²) in [5.41, 5.74) is 22.1. The van der Waals surface area contributed by atoms with E-state index in [-0.39, 0.29) is 0 Å². The number of benzene rings is 11. The highest BCUT2D eigenvalue weighted by Crippen LogP contribution is 2.59. The van der Waals surface area contributed by atoms with Crippen LogP contribution >= 0.6 is 0 Å². The molecule has 0 bridgehead atoms. The summed E-state index contributed by atoms with van der Waals surface area (Å²) in [5, 5.41) is 0. The summed E-state index contributed by atoms with van der Waals surface area (Å²) in [6.45, 7) is 0. The quantitative estimate of drug-likeness (QED) is 0.140. The Bertz CT molecular complexity index is 3570. The van der Waals surface area contributed by atoms with E-state index in [1.54, 1.807) is 0 Å². The van der Waals surface area contributed by atoms with Gasteiger partial charge < -0.3 is 4.90 Å². The molecule has 2 aliphatic rings. The maximum absolute atomic E-state index is 2.51. The van der Waals surface area contributed by atoms with Crippen molar-refractivity contribution in [1.82, 2.24) is 0 Å². The number of hydrogen-bond acceptors (Lipinski definition) is 1. The minimum atomic E-state index is -0.557. The Hall–Kier alpha value is -8.78. The second-order valence-corrected chi connectivity index (χ2v) is 18.3. The topological polar surface area (TPSA) is 3.24 Å². The van der Waals surface area contributed by atoms with Crippen LogP contribution in [0.4, 0.5) is 17.1 Å². The molecule has 0 N–H and O–H groups in total. The normalized spacial score (nSPS) is 13.4. The molecule has 0 amide bonds. The Morgan fingerprint density at radius 1 is 0.217 bits per heavy atom. The van der Waals surface area contributed by atoms with Crippen molar-refractivity contribution in [3.05, 3.63) is 330 Å². The predicted molar refractivity (Wildman–Crippen MR) is 287 cm³/mol. The Labute approximate surface area is 404 Å². The van der Waals surface area contributed by atoms with Gasteiger partial charge >= 0.3 is 0 Å². The summed E-state index contributed by atoms with van der Waals surface area (Å²) in [6.07, 6.45) is 0. The summed E-state index contributed by atoms with van der Waals surface area (Å²) >= 11 is 0. The SMILES string of the molecule is c1ccc(-c2ccc(-c3ccccc3N(c3cccc(C4(c5ccccc5)c5ccccc5-c5ccccc54)c3)c3ccc4c(c3)C(c3ccccc3)(c3ccccc3)c3ccccc3-4)cc2)cc1. The van der Waals surface area contributed by atoms with Gasteiger partial charge in [0.2, 0.25) is 0 Å². The zero-order chi connectivity index (χ0) is 45.8. The molecule has 324 valence electrons. The third-order valence-electron chi connectivity index (χ3n) is 14.8. The highest BCUT2D eigenvalue weighted by atomic mass is 15.1. The van der Waals surface area contributed by atoms with Crippen molar-refractivity contribution in [2.24, 2.45) is 0 Å². The highest BCUT2D eigenvalue weighted by Gasteiger charge is 2.48. The van der Waals surface area contributed by atoms with Crippen LogP contribution < -0.4 is 4.90 Å². The van der Waals surface area contributed by atoms with Gasteiger partial charge in [-0.1, -0.05) is 255 Å². The molecule has 0 atom stereocenters. The van der Waals surface area contributed by atoms with E-state index in [0.29, 0.717) is 0 Å². The first-order valence-electron chi connectivity index (χ1n) is 24.0. The van der Waals surface area contributed by atoms with E-state index in [0.717, 1.165) is 28.2 Å². The van der Waals surface area contributed by atoms with Crippen molar-refractivity contribution in [3.63, 3.8) is 0 Å². The van der Waals surface area contributed by atoms with E-state index < -0.39 is 10.8 Å². The van der Waals surface area contributed by atoms with E-state index in [2.05, 4.69) is 290 Å². The molecule has 1 heteroatoms. The zero-order valence-corrected chi connectivity index (χ0v) is 38.1. The van der Waals surface area contributed by atoms with Crippen LogP contribution in [-0.4, -0.2) is 0 Å². The fourth-order valence-corrected chi connectivity index (χ4v) is 12.0. The number of hydrogen-bond donors (Lipinski definition) is 0. The van der Waals surface area contributed by atoms with Crippen molar-refractivity contribution in [3.8, 4) is 44.5 Å². The lowest BCUT2D eigenvalue weighted by atomic mass is 9.67. The van der Waals surface area contributed by atoms with Crippen LogP contribution in [0.1, 0.15) is 44.5 Å². The first-order valence-corrected chi connectivity index (χ1v) is 24.0. The molecule has 11 aromatic carbocycles. The summed E-state index contributed by atoms with van der Waals surface area (Å²) in [6, 6.07) is 106. The molecule has 0 fully saturated rings. The molecule has 13 rings (SSSR count). The van der Waals surface area contributed by atoms with Gasteiger partial charge in [0.15, 0.2) is 0 Å². The van der Waals surface area contributed by atoms with Crippen LogP contribution in [0, 0.1) is 0 Å². The fourth-order valence-electron chi connectivity index (χ4n) is 12.0. The lowest BCUT2D eigenvalue weighted by Crippen LogP contribution is -2.29. The molecule has 0 heterocycles. The second kappa shape index (κ2) is 16.5. The van der Waals surface area contributed by atoms with Crippen LogP contribution in [0.2, 0.25) is 0 Å². The van der Waals surface area contributed by atoms with Crippen LogP contribution in [0.15, 0.2) is 285 Å². The van der Waals surface area contributed by atoms with Crippen LogP contribution in [0.3, 0.4) is 0 Å². The lowest BCUT2D eigenvalue weighted by molar-refractivity contribution is 0.767. The van der Waals surface area contributed by atoms with Gasteiger partial charge in [0.1, 0.15) is 0 Å². The number of fused-ring (bicyclic) bond motifs is 6. The second-order valence-electron chi connectivity index (χ2n) is 18.3. The van der Waals surface area contributed by atoms with Crippen molar-refractivity contribution in [2.75, 3.05) is 4.90 Å². The van der Waals surface area contributed by atoms with E-state index in [1.165, 1.54) is 77.9 Å². The molecule has 0 spiro atoms. The molecular formula is C68H47N. The average Bonchev–Trinajstić information content (AvgIpc) is 3.91. The molecule has 2 aliphatic carbocycles. The largest absolute Gasteiger partial charge is 0.310 e. The molecule has 0 aromatic heterocycles. The zero-order valence-electron chi connectivity index (χ0n) is 38.1. The first-order chi connectivity index (χ1) is 34.2. The maximum atomic E-state index is 2.51. The van der Waals surface area contributed by atoms with Gasteiger partial charge in [0.25, 0.3) is 0 Å². The number of anilines is 3.